The van der Waals surface area contributed by atoms with Crippen LogP contribution in [0.25, 0.3) is 0 Å². The van der Waals surface area contributed by atoms with Crippen molar-refractivity contribution in [3.05, 3.63) is 35.9 Å². The molecule has 3 heteroatoms. The van der Waals surface area contributed by atoms with E-state index in [1.165, 1.54) is 5.56 Å². The average Bonchev–Trinajstić information content (AvgIpc) is 2.52. The van der Waals surface area contributed by atoms with Crippen LogP contribution in [0.3, 0.4) is 0 Å². The maximum atomic E-state index is 5.67. The third-order valence-corrected chi connectivity index (χ3v) is 4.22. The molecule has 1 heterocycles. The lowest BCUT2D eigenvalue weighted by atomic mass is 10.0. The minimum atomic E-state index is 0.443. The van der Waals surface area contributed by atoms with Crippen molar-refractivity contribution >= 4 is 0 Å². The fraction of sp³-hybridized carbons (Fsp3) is 0.667. The van der Waals surface area contributed by atoms with Crippen molar-refractivity contribution in [3.63, 3.8) is 0 Å². The second kappa shape index (κ2) is 8.52. The molecule has 2 unspecified atom stereocenters. The van der Waals surface area contributed by atoms with E-state index in [1.54, 1.807) is 0 Å². The molecule has 21 heavy (non-hydrogen) atoms. The van der Waals surface area contributed by atoms with Crippen LogP contribution in [0, 0.1) is 5.92 Å². The Morgan fingerprint density at radius 2 is 2.00 bits per heavy atom. The summed E-state index contributed by atoms with van der Waals surface area (Å²) in [4.78, 5) is 2.63. The van der Waals surface area contributed by atoms with E-state index >= 15 is 0 Å². The van der Waals surface area contributed by atoms with Crippen LogP contribution in [0.5, 0.6) is 0 Å². The molecule has 0 spiro atoms. The highest BCUT2D eigenvalue weighted by molar-refractivity contribution is 5.20. The van der Waals surface area contributed by atoms with E-state index in [0.717, 1.165) is 39.3 Å². The summed E-state index contributed by atoms with van der Waals surface area (Å²) in [5.74, 6) is 0.688. The first-order chi connectivity index (χ1) is 10.2. The Hall–Kier alpha value is -0.900. The van der Waals surface area contributed by atoms with Crippen LogP contribution >= 0.6 is 0 Å². The molecule has 2 atom stereocenters. The molecule has 0 bridgehead atoms. The number of benzene rings is 1. The summed E-state index contributed by atoms with van der Waals surface area (Å²) in [6, 6.07) is 11.9. The highest BCUT2D eigenvalue weighted by Crippen LogP contribution is 2.25. The Morgan fingerprint density at radius 1 is 1.24 bits per heavy atom. The summed E-state index contributed by atoms with van der Waals surface area (Å²) in [5, 5.41) is 3.64. The molecule has 1 saturated heterocycles. The number of ether oxygens (including phenoxy) is 1. The van der Waals surface area contributed by atoms with Crippen molar-refractivity contribution in [2.24, 2.45) is 5.92 Å². The van der Waals surface area contributed by atoms with Gasteiger partial charge in [-0.05, 0) is 24.4 Å². The molecule has 1 aliphatic rings. The van der Waals surface area contributed by atoms with Gasteiger partial charge in [-0.15, -0.1) is 0 Å². The molecule has 0 radical (unpaired) electrons. The average molecular weight is 290 g/mol. The monoisotopic (exact) mass is 290 g/mol. The van der Waals surface area contributed by atoms with E-state index in [-0.39, 0.29) is 0 Å². The maximum Gasteiger partial charge on any atom is 0.0622 e. The number of hydrogen-bond donors (Lipinski definition) is 1. The fourth-order valence-corrected chi connectivity index (χ4v) is 3.04. The van der Waals surface area contributed by atoms with E-state index in [0.29, 0.717) is 18.0 Å². The molecule has 1 aliphatic heterocycles. The maximum absolute atomic E-state index is 5.67. The summed E-state index contributed by atoms with van der Waals surface area (Å²) < 4.78 is 5.67. The van der Waals surface area contributed by atoms with Gasteiger partial charge < -0.3 is 10.1 Å². The van der Waals surface area contributed by atoms with Gasteiger partial charge in [-0.1, -0.05) is 51.1 Å². The lowest BCUT2D eigenvalue weighted by molar-refractivity contribution is -0.0307. The Bertz CT molecular complexity index is 393. The molecule has 1 fully saturated rings. The standard InChI is InChI=1S/C18H30N2O/c1-4-17-14-21-11-10-20(17)18(13-19-12-15(2)3)16-8-6-5-7-9-16/h5-9,15,17-19H,4,10-14H2,1-3H3. The first kappa shape index (κ1) is 16.5. The second-order valence-electron chi connectivity index (χ2n) is 6.35. The molecule has 1 aromatic carbocycles. The molecule has 0 saturated carbocycles. The topological polar surface area (TPSA) is 24.5 Å². The summed E-state index contributed by atoms with van der Waals surface area (Å²) >= 11 is 0. The SMILES string of the molecule is CCC1COCCN1C(CNCC(C)C)c1ccccc1. The molecule has 1 aromatic rings. The van der Waals surface area contributed by atoms with Gasteiger partial charge in [0.05, 0.1) is 13.2 Å². The third-order valence-electron chi connectivity index (χ3n) is 4.22. The molecule has 0 aromatic heterocycles. The highest BCUT2D eigenvalue weighted by Gasteiger charge is 2.29. The van der Waals surface area contributed by atoms with Crippen LogP contribution in [-0.4, -0.2) is 43.8 Å². The zero-order valence-electron chi connectivity index (χ0n) is 13.7. The molecule has 2 rings (SSSR count). The molecular weight excluding hydrogens is 260 g/mol. The lowest BCUT2D eigenvalue weighted by Crippen LogP contribution is -2.49. The zero-order valence-corrected chi connectivity index (χ0v) is 13.7. The van der Waals surface area contributed by atoms with Gasteiger partial charge in [-0.3, -0.25) is 4.90 Å². The Balaban J connectivity index is 2.10. The van der Waals surface area contributed by atoms with Crippen LogP contribution in [0.15, 0.2) is 30.3 Å². The van der Waals surface area contributed by atoms with Crippen LogP contribution < -0.4 is 5.32 Å². The predicted octanol–water partition coefficient (Wildman–Crippen LogP) is 3.08. The second-order valence-corrected chi connectivity index (χ2v) is 6.35. The van der Waals surface area contributed by atoms with Crippen molar-refractivity contribution in [1.29, 1.82) is 0 Å². The van der Waals surface area contributed by atoms with Gasteiger partial charge in [0, 0.05) is 25.2 Å². The minimum absolute atomic E-state index is 0.443. The van der Waals surface area contributed by atoms with E-state index in [2.05, 4.69) is 61.3 Å². The highest BCUT2D eigenvalue weighted by atomic mass is 16.5. The quantitative estimate of drug-likeness (QED) is 0.835. The summed E-state index contributed by atoms with van der Waals surface area (Å²) in [6.45, 7) is 11.6. The van der Waals surface area contributed by atoms with E-state index < -0.39 is 0 Å². The third kappa shape index (κ3) is 4.80. The van der Waals surface area contributed by atoms with Crippen molar-refractivity contribution in [2.75, 3.05) is 32.8 Å². The van der Waals surface area contributed by atoms with Crippen LogP contribution in [0.1, 0.15) is 38.8 Å². The Kier molecular flexibility index (Phi) is 6.68. The number of morpholine rings is 1. The molecular formula is C18H30N2O. The Morgan fingerprint density at radius 3 is 2.67 bits per heavy atom. The number of rotatable bonds is 7. The van der Waals surface area contributed by atoms with Crippen molar-refractivity contribution in [3.8, 4) is 0 Å². The molecule has 118 valence electrons. The van der Waals surface area contributed by atoms with E-state index in [9.17, 15) is 0 Å². The molecule has 1 N–H and O–H groups in total. The van der Waals surface area contributed by atoms with Gasteiger partial charge in [0.15, 0.2) is 0 Å². The van der Waals surface area contributed by atoms with Gasteiger partial charge >= 0.3 is 0 Å². The van der Waals surface area contributed by atoms with Crippen molar-refractivity contribution in [2.45, 2.75) is 39.3 Å². The minimum Gasteiger partial charge on any atom is -0.378 e. The van der Waals surface area contributed by atoms with Crippen LogP contribution in [-0.2, 0) is 4.74 Å². The van der Waals surface area contributed by atoms with E-state index in [4.69, 9.17) is 4.74 Å². The smallest absolute Gasteiger partial charge is 0.0622 e. The number of hydrogen-bond acceptors (Lipinski definition) is 3. The van der Waals surface area contributed by atoms with Gasteiger partial charge in [0.25, 0.3) is 0 Å². The lowest BCUT2D eigenvalue weighted by Gasteiger charge is -2.41. The summed E-state index contributed by atoms with van der Waals surface area (Å²) in [6.07, 6.45) is 1.15. The van der Waals surface area contributed by atoms with Crippen molar-refractivity contribution in [1.82, 2.24) is 10.2 Å². The van der Waals surface area contributed by atoms with Gasteiger partial charge in [-0.2, -0.15) is 0 Å². The Labute approximate surface area is 129 Å². The largest absolute Gasteiger partial charge is 0.378 e. The summed E-state index contributed by atoms with van der Waals surface area (Å²) in [5.41, 5.74) is 1.41. The zero-order chi connectivity index (χ0) is 15.1. The van der Waals surface area contributed by atoms with E-state index in [1.807, 2.05) is 0 Å². The van der Waals surface area contributed by atoms with Gasteiger partial charge in [-0.25, -0.2) is 0 Å². The molecule has 3 nitrogen and oxygen atoms in total. The first-order valence-electron chi connectivity index (χ1n) is 8.31. The number of nitrogens with zero attached hydrogens (tertiary/aromatic N) is 1. The molecule has 0 aliphatic carbocycles. The summed E-state index contributed by atoms with van der Waals surface area (Å²) in [7, 11) is 0. The normalized spacial score (nSPS) is 21.6. The van der Waals surface area contributed by atoms with Crippen LogP contribution in [0.4, 0.5) is 0 Å². The predicted molar refractivity (Wildman–Crippen MR) is 88.5 cm³/mol. The first-order valence-corrected chi connectivity index (χ1v) is 8.31. The van der Waals surface area contributed by atoms with Gasteiger partial charge in [0.1, 0.15) is 0 Å². The number of nitrogens with one attached hydrogen (secondary N) is 1. The van der Waals surface area contributed by atoms with Crippen molar-refractivity contribution < 1.29 is 4.74 Å². The van der Waals surface area contributed by atoms with Gasteiger partial charge in [0.2, 0.25) is 0 Å². The van der Waals surface area contributed by atoms with Crippen LogP contribution in [0.2, 0.25) is 0 Å². The molecule has 0 amide bonds. The fourth-order valence-electron chi connectivity index (χ4n) is 3.04.